The molecule has 0 aliphatic rings. The number of hydrogen-bond acceptors (Lipinski definition) is 3. The third kappa shape index (κ3) is 3.66. The second-order valence-electron chi connectivity index (χ2n) is 5.52. The van der Waals surface area contributed by atoms with Crippen LogP contribution in [0.25, 0.3) is 11.3 Å². The lowest BCUT2D eigenvalue weighted by atomic mass is 9.94. The van der Waals surface area contributed by atoms with E-state index in [1.807, 2.05) is 12.1 Å². The summed E-state index contributed by atoms with van der Waals surface area (Å²) in [5.74, 6) is 0.944. The summed E-state index contributed by atoms with van der Waals surface area (Å²) < 4.78 is 5.63. The van der Waals surface area contributed by atoms with E-state index in [0.29, 0.717) is 0 Å². The molecule has 0 amide bonds. The molecule has 1 heterocycles. The summed E-state index contributed by atoms with van der Waals surface area (Å²) in [7, 11) is 1.73. The van der Waals surface area contributed by atoms with E-state index in [4.69, 9.17) is 4.74 Å². The SMILES string of the molecule is CCCc1cc(-c2cc(CO)ccn2)cc(OC)c1CCC. The van der Waals surface area contributed by atoms with E-state index in [1.54, 1.807) is 13.3 Å². The number of aliphatic hydroxyl groups excluding tert-OH is 1. The quantitative estimate of drug-likeness (QED) is 0.835. The summed E-state index contributed by atoms with van der Waals surface area (Å²) in [5.41, 5.74) is 5.46. The van der Waals surface area contributed by atoms with Gasteiger partial charge < -0.3 is 9.84 Å². The largest absolute Gasteiger partial charge is 0.496 e. The summed E-state index contributed by atoms with van der Waals surface area (Å²) in [6, 6.07) is 8.05. The lowest BCUT2D eigenvalue weighted by molar-refractivity contribution is 0.282. The molecule has 3 heteroatoms. The third-order valence-corrected chi connectivity index (χ3v) is 3.84. The second-order valence-corrected chi connectivity index (χ2v) is 5.52. The van der Waals surface area contributed by atoms with Crippen LogP contribution in [0.2, 0.25) is 0 Å². The fraction of sp³-hybridized carbons (Fsp3) is 0.421. The first kappa shape index (κ1) is 16.5. The Balaban J connectivity index is 2.53. The average molecular weight is 299 g/mol. The molecule has 1 aromatic carbocycles. The second kappa shape index (κ2) is 7.95. The number of aryl methyl sites for hydroxylation is 1. The molecular weight excluding hydrogens is 274 g/mol. The molecule has 3 nitrogen and oxygen atoms in total. The minimum Gasteiger partial charge on any atom is -0.496 e. The van der Waals surface area contributed by atoms with Gasteiger partial charge in [0.2, 0.25) is 0 Å². The molecular formula is C19H25NO2. The fourth-order valence-corrected chi connectivity index (χ4v) is 2.79. The van der Waals surface area contributed by atoms with Crippen LogP contribution < -0.4 is 4.74 Å². The van der Waals surface area contributed by atoms with Crippen LogP contribution in [0.5, 0.6) is 5.75 Å². The van der Waals surface area contributed by atoms with E-state index in [2.05, 4.69) is 31.0 Å². The van der Waals surface area contributed by atoms with E-state index in [-0.39, 0.29) is 6.61 Å². The van der Waals surface area contributed by atoms with E-state index in [0.717, 1.165) is 48.3 Å². The highest BCUT2D eigenvalue weighted by Gasteiger charge is 2.12. The summed E-state index contributed by atoms with van der Waals surface area (Å²) >= 11 is 0. The van der Waals surface area contributed by atoms with Crippen molar-refractivity contribution in [1.29, 1.82) is 0 Å². The number of aliphatic hydroxyl groups is 1. The van der Waals surface area contributed by atoms with Gasteiger partial charge in [0.1, 0.15) is 5.75 Å². The Morgan fingerprint density at radius 2 is 1.86 bits per heavy atom. The van der Waals surface area contributed by atoms with Crippen LogP contribution in [0, 0.1) is 0 Å². The molecule has 0 aliphatic carbocycles. The highest BCUT2D eigenvalue weighted by Crippen LogP contribution is 2.31. The summed E-state index contributed by atoms with van der Waals surface area (Å²) in [6.45, 7) is 4.41. The van der Waals surface area contributed by atoms with Gasteiger partial charge in [0.25, 0.3) is 0 Å². The van der Waals surface area contributed by atoms with Gasteiger partial charge in [-0.2, -0.15) is 0 Å². The molecule has 0 bridgehead atoms. The van der Waals surface area contributed by atoms with E-state index in [9.17, 15) is 5.11 Å². The Labute approximate surface area is 133 Å². The number of hydrogen-bond donors (Lipinski definition) is 1. The van der Waals surface area contributed by atoms with Crippen molar-refractivity contribution in [3.8, 4) is 17.0 Å². The minimum absolute atomic E-state index is 0.0301. The van der Waals surface area contributed by atoms with Gasteiger partial charge in [0.15, 0.2) is 0 Å². The zero-order chi connectivity index (χ0) is 15.9. The number of rotatable bonds is 7. The molecule has 2 aromatic rings. The maximum Gasteiger partial charge on any atom is 0.122 e. The Morgan fingerprint density at radius 3 is 2.50 bits per heavy atom. The van der Waals surface area contributed by atoms with Crippen LogP contribution in [0.1, 0.15) is 43.4 Å². The van der Waals surface area contributed by atoms with Crippen molar-refractivity contribution in [1.82, 2.24) is 4.98 Å². The van der Waals surface area contributed by atoms with Crippen molar-refractivity contribution in [3.05, 3.63) is 47.2 Å². The van der Waals surface area contributed by atoms with Gasteiger partial charge >= 0.3 is 0 Å². The van der Waals surface area contributed by atoms with Gasteiger partial charge in [-0.15, -0.1) is 0 Å². The summed E-state index contributed by atoms with van der Waals surface area (Å²) in [6.07, 6.45) is 6.02. The first-order chi connectivity index (χ1) is 10.7. The molecule has 1 N–H and O–H groups in total. The molecule has 1 aromatic heterocycles. The molecule has 0 aliphatic heterocycles. The van der Waals surface area contributed by atoms with Crippen LogP contribution in [-0.2, 0) is 19.4 Å². The number of aromatic nitrogens is 1. The zero-order valence-electron chi connectivity index (χ0n) is 13.7. The van der Waals surface area contributed by atoms with E-state index >= 15 is 0 Å². The summed E-state index contributed by atoms with van der Waals surface area (Å²) in [5, 5.41) is 9.31. The lowest BCUT2D eigenvalue weighted by Crippen LogP contribution is -2.00. The highest BCUT2D eigenvalue weighted by atomic mass is 16.5. The van der Waals surface area contributed by atoms with Crippen molar-refractivity contribution >= 4 is 0 Å². The highest BCUT2D eigenvalue weighted by molar-refractivity contribution is 5.65. The molecule has 0 saturated carbocycles. The van der Waals surface area contributed by atoms with Crippen LogP contribution in [0.15, 0.2) is 30.5 Å². The molecule has 0 fully saturated rings. The van der Waals surface area contributed by atoms with E-state index in [1.165, 1.54) is 11.1 Å². The summed E-state index contributed by atoms with van der Waals surface area (Å²) in [4.78, 5) is 4.44. The van der Waals surface area contributed by atoms with Crippen molar-refractivity contribution in [2.45, 2.75) is 46.1 Å². The molecule has 0 spiro atoms. The fourth-order valence-electron chi connectivity index (χ4n) is 2.79. The van der Waals surface area contributed by atoms with Gasteiger partial charge in [-0.25, -0.2) is 0 Å². The Morgan fingerprint density at radius 1 is 1.09 bits per heavy atom. The molecule has 0 radical (unpaired) electrons. The number of methoxy groups -OCH3 is 1. The number of pyridine rings is 1. The van der Waals surface area contributed by atoms with Gasteiger partial charge in [0, 0.05) is 11.8 Å². The van der Waals surface area contributed by atoms with E-state index < -0.39 is 0 Å². The maximum absolute atomic E-state index is 9.31. The minimum atomic E-state index is 0.0301. The topological polar surface area (TPSA) is 42.4 Å². The molecule has 2 rings (SSSR count). The average Bonchev–Trinajstić information content (AvgIpc) is 2.56. The smallest absolute Gasteiger partial charge is 0.122 e. The first-order valence-electron chi connectivity index (χ1n) is 7.99. The normalized spacial score (nSPS) is 10.7. The predicted octanol–water partition coefficient (Wildman–Crippen LogP) is 4.15. The number of nitrogens with zero attached hydrogens (tertiary/aromatic N) is 1. The maximum atomic E-state index is 9.31. The number of ether oxygens (including phenoxy) is 1. The molecule has 118 valence electrons. The molecule has 0 saturated heterocycles. The Kier molecular flexibility index (Phi) is 5.96. The van der Waals surface area contributed by atoms with Crippen LogP contribution in [0.3, 0.4) is 0 Å². The number of benzene rings is 1. The molecule has 0 atom stereocenters. The van der Waals surface area contributed by atoms with Gasteiger partial charge in [-0.1, -0.05) is 26.7 Å². The Bertz CT molecular complexity index is 623. The third-order valence-electron chi connectivity index (χ3n) is 3.84. The van der Waals surface area contributed by atoms with Crippen LogP contribution in [0.4, 0.5) is 0 Å². The molecule has 22 heavy (non-hydrogen) atoms. The van der Waals surface area contributed by atoms with Gasteiger partial charge in [-0.05, 0) is 53.8 Å². The zero-order valence-corrected chi connectivity index (χ0v) is 13.7. The van der Waals surface area contributed by atoms with Gasteiger partial charge in [-0.3, -0.25) is 4.98 Å². The van der Waals surface area contributed by atoms with Crippen molar-refractivity contribution < 1.29 is 9.84 Å². The van der Waals surface area contributed by atoms with Crippen LogP contribution >= 0.6 is 0 Å². The van der Waals surface area contributed by atoms with Gasteiger partial charge in [0.05, 0.1) is 19.4 Å². The first-order valence-corrected chi connectivity index (χ1v) is 7.99. The van der Waals surface area contributed by atoms with Crippen molar-refractivity contribution in [2.75, 3.05) is 7.11 Å². The Hall–Kier alpha value is -1.87. The monoisotopic (exact) mass is 299 g/mol. The molecule has 0 unspecified atom stereocenters. The predicted molar refractivity (Wildman–Crippen MR) is 90.1 cm³/mol. The van der Waals surface area contributed by atoms with Crippen molar-refractivity contribution in [3.63, 3.8) is 0 Å². The lowest BCUT2D eigenvalue weighted by Gasteiger charge is -2.16. The van der Waals surface area contributed by atoms with Crippen molar-refractivity contribution in [2.24, 2.45) is 0 Å². The standard InChI is InChI=1S/C19H25NO2/c1-4-6-15-11-16(12-19(22-3)17(15)7-5-2)18-10-14(13-21)8-9-20-18/h8-12,21H,4-7,13H2,1-3H3. The van der Waals surface area contributed by atoms with Crippen LogP contribution in [-0.4, -0.2) is 17.2 Å².